The number of carbonyl (C=O) groups excluding carboxylic acids is 1. The maximum Gasteiger partial charge on any atom is 0.255 e. The molecule has 0 unspecified atom stereocenters. The number of ether oxygens (including phenoxy) is 2. The molecule has 6 nitrogen and oxygen atoms in total. The van der Waals surface area contributed by atoms with Crippen molar-refractivity contribution in [1.29, 1.82) is 0 Å². The molecule has 3 rings (SSSR count). The average Bonchev–Trinajstić information content (AvgIpc) is 3.13. The standard InChI is InChI=1S/C21H23N3O3/c1-26-13-12-22-21(25)19-15-24(14-16-6-4-3-5-7-16)23-20(19)17-8-10-18(27-2)11-9-17/h3-11,15H,12-14H2,1-2H3,(H,22,25). The molecule has 1 amide bonds. The van der Waals surface area contributed by atoms with Gasteiger partial charge in [0.2, 0.25) is 0 Å². The Hall–Kier alpha value is -3.12. The third kappa shape index (κ3) is 4.74. The molecule has 0 atom stereocenters. The molecule has 0 aliphatic carbocycles. The summed E-state index contributed by atoms with van der Waals surface area (Å²) in [4.78, 5) is 12.7. The Bertz CT molecular complexity index is 873. The number of rotatable bonds is 8. The highest BCUT2D eigenvalue weighted by molar-refractivity contribution is 5.99. The van der Waals surface area contributed by atoms with Gasteiger partial charge < -0.3 is 14.8 Å². The Morgan fingerprint density at radius 1 is 1.07 bits per heavy atom. The van der Waals surface area contributed by atoms with Gasteiger partial charge in [-0.25, -0.2) is 0 Å². The van der Waals surface area contributed by atoms with Gasteiger partial charge in [0.15, 0.2) is 0 Å². The Labute approximate surface area is 158 Å². The fourth-order valence-electron chi connectivity index (χ4n) is 2.76. The summed E-state index contributed by atoms with van der Waals surface area (Å²) < 4.78 is 12.0. The van der Waals surface area contributed by atoms with Crippen molar-refractivity contribution in [2.45, 2.75) is 6.54 Å². The molecule has 0 spiro atoms. The van der Waals surface area contributed by atoms with Crippen LogP contribution in [0.25, 0.3) is 11.3 Å². The number of nitrogens with zero attached hydrogens (tertiary/aromatic N) is 2. The van der Waals surface area contributed by atoms with E-state index >= 15 is 0 Å². The minimum Gasteiger partial charge on any atom is -0.497 e. The first-order valence-corrected chi connectivity index (χ1v) is 8.74. The summed E-state index contributed by atoms with van der Waals surface area (Å²) in [6, 6.07) is 17.5. The minimum absolute atomic E-state index is 0.169. The van der Waals surface area contributed by atoms with Crippen LogP contribution in [0.1, 0.15) is 15.9 Å². The molecule has 1 heterocycles. The normalized spacial score (nSPS) is 10.6. The third-order valence-corrected chi connectivity index (χ3v) is 4.15. The molecule has 3 aromatic rings. The molecule has 6 heteroatoms. The van der Waals surface area contributed by atoms with E-state index in [1.54, 1.807) is 25.1 Å². The largest absolute Gasteiger partial charge is 0.497 e. The van der Waals surface area contributed by atoms with Crippen molar-refractivity contribution >= 4 is 5.91 Å². The predicted molar refractivity (Wildman–Crippen MR) is 104 cm³/mol. The first-order chi connectivity index (χ1) is 13.2. The van der Waals surface area contributed by atoms with Crippen LogP contribution in [0.5, 0.6) is 5.75 Å². The molecule has 0 bridgehead atoms. The van der Waals surface area contributed by atoms with Gasteiger partial charge in [0.1, 0.15) is 11.4 Å². The van der Waals surface area contributed by atoms with E-state index in [1.165, 1.54) is 0 Å². The predicted octanol–water partition coefficient (Wildman–Crippen LogP) is 2.98. The van der Waals surface area contributed by atoms with Crippen molar-refractivity contribution < 1.29 is 14.3 Å². The number of methoxy groups -OCH3 is 2. The number of nitrogens with one attached hydrogen (secondary N) is 1. The lowest BCUT2D eigenvalue weighted by Gasteiger charge is -2.05. The van der Waals surface area contributed by atoms with Gasteiger partial charge in [0.05, 0.1) is 25.8 Å². The van der Waals surface area contributed by atoms with Crippen molar-refractivity contribution in [2.75, 3.05) is 27.4 Å². The number of benzene rings is 2. The average molecular weight is 365 g/mol. The van der Waals surface area contributed by atoms with E-state index in [2.05, 4.69) is 10.4 Å². The van der Waals surface area contributed by atoms with Crippen molar-refractivity contribution in [1.82, 2.24) is 15.1 Å². The first-order valence-electron chi connectivity index (χ1n) is 8.74. The summed E-state index contributed by atoms with van der Waals surface area (Å²) in [5.74, 6) is 0.589. The highest BCUT2D eigenvalue weighted by atomic mass is 16.5. The van der Waals surface area contributed by atoms with E-state index in [0.29, 0.717) is 31.0 Å². The van der Waals surface area contributed by atoms with E-state index in [4.69, 9.17) is 9.47 Å². The van der Waals surface area contributed by atoms with Crippen molar-refractivity contribution in [3.05, 3.63) is 71.9 Å². The molecular formula is C21H23N3O3. The van der Waals surface area contributed by atoms with Crippen LogP contribution in [-0.4, -0.2) is 43.1 Å². The van der Waals surface area contributed by atoms with Crippen LogP contribution in [-0.2, 0) is 11.3 Å². The van der Waals surface area contributed by atoms with Gasteiger partial charge in [0.25, 0.3) is 5.91 Å². The summed E-state index contributed by atoms with van der Waals surface area (Å²) in [6.45, 7) is 1.50. The van der Waals surface area contributed by atoms with Gasteiger partial charge in [-0.3, -0.25) is 9.48 Å². The van der Waals surface area contributed by atoms with Crippen LogP contribution in [0.4, 0.5) is 0 Å². The summed E-state index contributed by atoms with van der Waals surface area (Å²) in [5, 5.41) is 7.53. The second-order valence-electron chi connectivity index (χ2n) is 6.05. The van der Waals surface area contributed by atoms with Crippen molar-refractivity contribution in [3.63, 3.8) is 0 Å². The Morgan fingerprint density at radius 3 is 2.48 bits per heavy atom. The molecule has 0 radical (unpaired) electrons. The van der Waals surface area contributed by atoms with Gasteiger partial charge in [-0.05, 0) is 29.8 Å². The molecule has 0 aliphatic rings. The van der Waals surface area contributed by atoms with E-state index in [-0.39, 0.29) is 5.91 Å². The van der Waals surface area contributed by atoms with Crippen LogP contribution < -0.4 is 10.1 Å². The zero-order chi connectivity index (χ0) is 19.1. The third-order valence-electron chi connectivity index (χ3n) is 4.15. The van der Waals surface area contributed by atoms with Crippen LogP contribution in [0.15, 0.2) is 60.8 Å². The fourth-order valence-corrected chi connectivity index (χ4v) is 2.76. The molecule has 0 saturated carbocycles. The van der Waals surface area contributed by atoms with E-state index in [1.807, 2.05) is 54.6 Å². The van der Waals surface area contributed by atoms with Crippen LogP contribution in [0.2, 0.25) is 0 Å². The van der Waals surface area contributed by atoms with Crippen LogP contribution in [0, 0.1) is 0 Å². The smallest absolute Gasteiger partial charge is 0.255 e. The van der Waals surface area contributed by atoms with E-state index in [9.17, 15) is 4.79 Å². The number of carbonyl (C=O) groups is 1. The highest BCUT2D eigenvalue weighted by Gasteiger charge is 2.18. The zero-order valence-corrected chi connectivity index (χ0v) is 15.5. The van der Waals surface area contributed by atoms with Crippen molar-refractivity contribution in [3.8, 4) is 17.0 Å². The lowest BCUT2D eigenvalue weighted by atomic mass is 10.1. The fraction of sp³-hybridized carbons (Fsp3) is 0.238. The van der Waals surface area contributed by atoms with Gasteiger partial charge in [0, 0.05) is 25.4 Å². The summed E-state index contributed by atoms with van der Waals surface area (Å²) in [7, 11) is 3.23. The number of amides is 1. The first kappa shape index (κ1) is 18.7. The van der Waals surface area contributed by atoms with Crippen molar-refractivity contribution in [2.24, 2.45) is 0 Å². The van der Waals surface area contributed by atoms with Crippen LogP contribution >= 0.6 is 0 Å². The molecule has 0 fully saturated rings. The lowest BCUT2D eigenvalue weighted by Crippen LogP contribution is -2.27. The molecule has 0 aliphatic heterocycles. The second kappa shape index (κ2) is 9.00. The van der Waals surface area contributed by atoms with E-state index in [0.717, 1.165) is 16.9 Å². The minimum atomic E-state index is -0.169. The molecule has 140 valence electrons. The number of aromatic nitrogens is 2. The lowest BCUT2D eigenvalue weighted by molar-refractivity contribution is 0.0937. The molecule has 0 saturated heterocycles. The zero-order valence-electron chi connectivity index (χ0n) is 15.5. The highest BCUT2D eigenvalue weighted by Crippen LogP contribution is 2.25. The summed E-state index contributed by atoms with van der Waals surface area (Å²) in [5.41, 5.74) is 3.16. The maximum absolute atomic E-state index is 12.7. The molecular weight excluding hydrogens is 342 g/mol. The van der Waals surface area contributed by atoms with Gasteiger partial charge in [-0.15, -0.1) is 0 Å². The molecule has 1 aromatic heterocycles. The number of hydrogen-bond donors (Lipinski definition) is 1. The topological polar surface area (TPSA) is 65.4 Å². The van der Waals surface area contributed by atoms with Gasteiger partial charge in [-0.1, -0.05) is 30.3 Å². The molecule has 2 aromatic carbocycles. The quantitative estimate of drug-likeness (QED) is 0.623. The molecule has 27 heavy (non-hydrogen) atoms. The number of hydrogen-bond acceptors (Lipinski definition) is 4. The second-order valence-corrected chi connectivity index (χ2v) is 6.05. The monoisotopic (exact) mass is 365 g/mol. The van der Waals surface area contributed by atoms with E-state index < -0.39 is 0 Å². The maximum atomic E-state index is 12.7. The summed E-state index contributed by atoms with van der Waals surface area (Å²) >= 11 is 0. The van der Waals surface area contributed by atoms with Gasteiger partial charge in [-0.2, -0.15) is 5.10 Å². The SMILES string of the molecule is COCCNC(=O)c1cn(Cc2ccccc2)nc1-c1ccc(OC)cc1. The Morgan fingerprint density at radius 2 is 1.81 bits per heavy atom. The Kier molecular flexibility index (Phi) is 6.22. The van der Waals surface area contributed by atoms with Gasteiger partial charge >= 0.3 is 0 Å². The summed E-state index contributed by atoms with van der Waals surface area (Å²) in [6.07, 6.45) is 1.79. The molecule has 1 N–H and O–H groups in total. The Balaban J connectivity index is 1.91. The van der Waals surface area contributed by atoms with Crippen LogP contribution in [0.3, 0.4) is 0 Å².